The summed E-state index contributed by atoms with van der Waals surface area (Å²) in [4.78, 5) is 0. The molecule has 0 saturated heterocycles. The Labute approximate surface area is 91.5 Å². The third kappa shape index (κ3) is 2.04. The highest BCUT2D eigenvalue weighted by atomic mass is 35.5. The van der Waals surface area contributed by atoms with Crippen LogP contribution in [0.2, 0.25) is 0 Å². The van der Waals surface area contributed by atoms with Crippen LogP contribution in [0.15, 0.2) is 25.3 Å². The maximum atomic E-state index is 10.5. The van der Waals surface area contributed by atoms with Gasteiger partial charge in [-0.3, -0.25) is 0 Å². The lowest BCUT2D eigenvalue weighted by Crippen LogP contribution is -2.38. The molecule has 14 heavy (non-hydrogen) atoms. The molecule has 0 amide bonds. The Hall–Kier alpha value is -0.270. The lowest BCUT2D eigenvalue weighted by atomic mass is 9.80. The third-order valence-electron chi connectivity index (χ3n) is 3.35. The second-order valence-electron chi connectivity index (χ2n) is 4.05. The van der Waals surface area contributed by atoms with E-state index in [0.29, 0.717) is 5.88 Å². The molecule has 0 bridgehead atoms. The van der Waals surface area contributed by atoms with Crippen LogP contribution in [0.3, 0.4) is 0 Å². The quantitative estimate of drug-likeness (QED) is 0.551. The summed E-state index contributed by atoms with van der Waals surface area (Å²) < 4.78 is 0. The number of aliphatic hydroxyl groups is 1. The Balaban J connectivity index is 2.74. The zero-order chi connectivity index (χ0) is 10.6. The van der Waals surface area contributed by atoms with Gasteiger partial charge in [0.2, 0.25) is 0 Å². The van der Waals surface area contributed by atoms with E-state index in [1.165, 1.54) is 0 Å². The molecular weight excluding hydrogens is 196 g/mol. The summed E-state index contributed by atoms with van der Waals surface area (Å²) in [5.74, 6) is 1.01. The average Bonchev–Trinajstić information content (AvgIpc) is 2.52. The van der Waals surface area contributed by atoms with Crippen LogP contribution in [-0.4, -0.2) is 16.6 Å². The molecule has 1 rings (SSSR count). The molecule has 1 nitrogen and oxygen atoms in total. The van der Waals surface area contributed by atoms with Crippen LogP contribution in [0, 0.1) is 11.8 Å². The number of halogens is 1. The molecule has 80 valence electrons. The van der Waals surface area contributed by atoms with Gasteiger partial charge in [0.15, 0.2) is 0 Å². The molecule has 1 aliphatic carbocycles. The van der Waals surface area contributed by atoms with Crippen LogP contribution in [0.1, 0.15) is 25.7 Å². The predicted octanol–water partition coefficient (Wildman–Crippen LogP) is 3.13. The molecule has 0 unspecified atom stereocenters. The standard InChI is InChI=1S/C12H19ClO/c1-3-10-6-7-11(4-2)12(10,14)8-5-9-13/h3-4,10-11,14H,1-2,5-9H2/t10-,11-/m1/s1. The smallest absolute Gasteiger partial charge is 0.0772 e. The van der Waals surface area contributed by atoms with Crippen LogP contribution >= 0.6 is 11.6 Å². The number of hydrogen-bond donors (Lipinski definition) is 1. The first-order valence-electron chi connectivity index (χ1n) is 5.22. The molecule has 2 atom stereocenters. The topological polar surface area (TPSA) is 20.2 Å². The minimum absolute atomic E-state index is 0.203. The van der Waals surface area contributed by atoms with Gasteiger partial charge in [-0.25, -0.2) is 0 Å². The normalized spacial score (nSPS) is 30.1. The van der Waals surface area contributed by atoms with Gasteiger partial charge in [0.1, 0.15) is 0 Å². The van der Waals surface area contributed by atoms with E-state index < -0.39 is 5.60 Å². The molecule has 1 aliphatic rings. The molecule has 2 heteroatoms. The first kappa shape index (κ1) is 11.8. The first-order chi connectivity index (χ1) is 6.69. The van der Waals surface area contributed by atoms with Crippen molar-refractivity contribution in [3.8, 4) is 0 Å². The Morgan fingerprint density at radius 2 is 1.79 bits per heavy atom. The fourth-order valence-electron chi connectivity index (χ4n) is 2.50. The lowest BCUT2D eigenvalue weighted by molar-refractivity contribution is -0.0151. The number of hydrogen-bond acceptors (Lipinski definition) is 1. The summed E-state index contributed by atoms with van der Waals surface area (Å²) in [7, 11) is 0. The van der Waals surface area contributed by atoms with Crippen molar-refractivity contribution in [2.75, 3.05) is 5.88 Å². The van der Waals surface area contributed by atoms with Crippen molar-refractivity contribution in [1.82, 2.24) is 0 Å². The van der Waals surface area contributed by atoms with E-state index in [-0.39, 0.29) is 11.8 Å². The molecule has 0 spiro atoms. The van der Waals surface area contributed by atoms with Gasteiger partial charge in [-0.2, -0.15) is 0 Å². The molecular formula is C12H19ClO. The van der Waals surface area contributed by atoms with Gasteiger partial charge >= 0.3 is 0 Å². The lowest BCUT2D eigenvalue weighted by Gasteiger charge is -2.32. The Morgan fingerprint density at radius 1 is 1.29 bits per heavy atom. The summed E-state index contributed by atoms with van der Waals surface area (Å²) in [6.45, 7) is 7.58. The van der Waals surface area contributed by atoms with Crippen LogP contribution in [-0.2, 0) is 0 Å². The molecule has 0 radical (unpaired) electrons. The molecule has 0 aromatic heterocycles. The van der Waals surface area contributed by atoms with E-state index in [1.54, 1.807) is 0 Å². The highest BCUT2D eigenvalue weighted by Crippen LogP contribution is 2.44. The van der Waals surface area contributed by atoms with Crippen molar-refractivity contribution in [2.45, 2.75) is 31.3 Å². The monoisotopic (exact) mass is 214 g/mol. The fraction of sp³-hybridized carbons (Fsp3) is 0.667. The highest BCUT2D eigenvalue weighted by molar-refractivity contribution is 6.17. The van der Waals surface area contributed by atoms with Crippen molar-refractivity contribution in [2.24, 2.45) is 11.8 Å². The molecule has 0 heterocycles. The predicted molar refractivity (Wildman–Crippen MR) is 61.5 cm³/mol. The van der Waals surface area contributed by atoms with Crippen molar-refractivity contribution in [3.63, 3.8) is 0 Å². The largest absolute Gasteiger partial charge is 0.389 e. The van der Waals surface area contributed by atoms with E-state index in [4.69, 9.17) is 11.6 Å². The first-order valence-corrected chi connectivity index (χ1v) is 5.76. The zero-order valence-corrected chi connectivity index (χ0v) is 9.34. The van der Waals surface area contributed by atoms with Gasteiger partial charge in [-0.1, -0.05) is 12.2 Å². The van der Waals surface area contributed by atoms with Crippen molar-refractivity contribution < 1.29 is 5.11 Å². The van der Waals surface area contributed by atoms with Crippen LogP contribution in [0.25, 0.3) is 0 Å². The van der Waals surface area contributed by atoms with Gasteiger partial charge in [-0.15, -0.1) is 24.8 Å². The van der Waals surface area contributed by atoms with E-state index in [9.17, 15) is 5.11 Å². The number of rotatable bonds is 5. The highest BCUT2D eigenvalue weighted by Gasteiger charge is 2.45. The van der Waals surface area contributed by atoms with Crippen molar-refractivity contribution in [3.05, 3.63) is 25.3 Å². The second-order valence-corrected chi connectivity index (χ2v) is 4.42. The second kappa shape index (κ2) is 4.99. The van der Waals surface area contributed by atoms with Crippen LogP contribution in [0.4, 0.5) is 0 Å². The van der Waals surface area contributed by atoms with Crippen molar-refractivity contribution >= 4 is 11.6 Å². The maximum absolute atomic E-state index is 10.5. The minimum Gasteiger partial charge on any atom is -0.389 e. The maximum Gasteiger partial charge on any atom is 0.0772 e. The molecule has 1 fully saturated rings. The minimum atomic E-state index is -0.640. The summed E-state index contributed by atoms with van der Waals surface area (Å²) in [5, 5.41) is 10.5. The van der Waals surface area contributed by atoms with E-state index >= 15 is 0 Å². The van der Waals surface area contributed by atoms with Crippen LogP contribution in [0.5, 0.6) is 0 Å². The van der Waals surface area contributed by atoms with Gasteiger partial charge in [0.25, 0.3) is 0 Å². The van der Waals surface area contributed by atoms with Gasteiger partial charge in [-0.05, 0) is 25.7 Å². The summed E-state index contributed by atoms with van der Waals surface area (Å²) >= 11 is 5.66. The fourth-order valence-corrected chi connectivity index (χ4v) is 2.63. The van der Waals surface area contributed by atoms with Crippen molar-refractivity contribution in [1.29, 1.82) is 0 Å². The summed E-state index contributed by atoms with van der Waals surface area (Å²) in [6, 6.07) is 0. The molecule has 0 aromatic carbocycles. The molecule has 1 saturated carbocycles. The van der Waals surface area contributed by atoms with E-state index in [2.05, 4.69) is 13.2 Å². The summed E-state index contributed by atoms with van der Waals surface area (Å²) in [5.41, 5.74) is -0.640. The van der Waals surface area contributed by atoms with E-state index in [1.807, 2.05) is 12.2 Å². The summed E-state index contributed by atoms with van der Waals surface area (Å²) in [6.07, 6.45) is 7.38. The third-order valence-corrected chi connectivity index (χ3v) is 3.62. The Kier molecular flexibility index (Phi) is 4.21. The molecule has 1 N–H and O–H groups in total. The van der Waals surface area contributed by atoms with E-state index in [0.717, 1.165) is 25.7 Å². The molecule has 0 aliphatic heterocycles. The van der Waals surface area contributed by atoms with Gasteiger partial charge in [0, 0.05) is 17.7 Å². The van der Waals surface area contributed by atoms with Crippen LogP contribution < -0.4 is 0 Å². The van der Waals surface area contributed by atoms with Gasteiger partial charge < -0.3 is 5.11 Å². The number of alkyl halides is 1. The Bertz CT molecular complexity index is 196. The molecule has 0 aromatic rings. The van der Waals surface area contributed by atoms with Gasteiger partial charge in [0.05, 0.1) is 5.60 Å². The average molecular weight is 215 g/mol. The Morgan fingerprint density at radius 3 is 2.14 bits per heavy atom. The SMILES string of the molecule is C=C[C@@H]1CC[C@@H](C=C)C1(O)CCCCl. The zero-order valence-electron chi connectivity index (χ0n) is 8.58.